The maximum Gasteiger partial charge on any atom is 0.337 e. The third-order valence-electron chi connectivity index (χ3n) is 2.68. The lowest BCUT2D eigenvalue weighted by atomic mass is 10.1. The predicted octanol–water partition coefficient (Wildman–Crippen LogP) is 3.21. The fourth-order valence-electron chi connectivity index (χ4n) is 1.48. The Balaban J connectivity index is 2.51. The zero-order valence-corrected chi connectivity index (χ0v) is 13.2. The van der Waals surface area contributed by atoms with E-state index < -0.39 is 16.8 Å². The van der Waals surface area contributed by atoms with Crippen molar-refractivity contribution in [1.29, 1.82) is 0 Å². The van der Waals surface area contributed by atoms with Crippen molar-refractivity contribution in [2.24, 2.45) is 5.92 Å². The Labute approximate surface area is 126 Å². The molecular formula is C14H19ClO4S. The molecule has 1 aromatic carbocycles. The molecule has 0 saturated heterocycles. The van der Waals surface area contributed by atoms with Crippen LogP contribution >= 0.6 is 11.6 Å². The molecule has 0 spiro atoms. The van der Waals surface area contributed by atoms with E-state index in [-0.39, 0.29) is 10.6 Å². The first-order chi connectivity index (χ1) is 9.41. The lowest BCUT2D eigenvalue weighted by molar-refractivity contribution is 0.0697. The molecule has 0 radical (unpaired) electrons. The first-order valence-corrected chi connectivity index (χ1v) is 8.10. The molecule has 4 nitrogen and oxygen atoms in total. The van der Waals surface area contributed by atoms with Crippen molar-refractivity contribution in [3.8, 4) is 0 Å². The summed E-state index contributed by atoms with van der Waals surface area (Å²) in [6, 6.07) is 4.39. The molecule has 1 N–H and O–H groups in total. The maximum atomic E-state index is 12.0. The first kappa shape index (κ1) is 17.1. The average molecular weight is 319 g/mol. The molecule has 0 aliphatic rings. The molecule has 1 atom stereocenters. The highest BCUT2D eigenvalue weighted by molar-refractivity contribution is 7.85. The van der Waals surface area contributed by atoms with Crippen LogP contribution < -0.4 is 0 Å². The molecule has 112 valence electrons. The minimum atomic E-state index is -1.28. The van der Waals surface area contributed by atoms with Gasteiger partial charge < -0.3 is 9.84 Å². The van der Waals surface area contributed by atoms with Gasteiger partial charge in [-0.2, -0.15) is 0 Å². The molecule has 20 heavy (non-hydrogen) atoms. The van der Waals surface area contributed by atoms with Gasteiger partial charge in [0.1, 0.15) is 0 Å². The molecule has 0 bridgehead atoms. The summed E-state index contributed by atoms with van der Waals surface area (Å²) in [6.07, 6.45) is 0.969. The Hall–Kier alpha value is -0.910. The Morgan fingerprint density at radius 2 is 2.10 bits per heavy atom. The Bertz CT molecular complexity index is 488. The van der Waals surface area contributed by atoms with Crippen LogP contribution in [0.15, 0.2) is 23.1 Å². The minimum Gasteiger partial charge on any atom is -0.478 e. The van der Waals surface area contributed by atoms with Crippen LogP contribution in [0.4, 0.5) is 0 Å². The molecule has 6 heteroatoms. The highest BCUT2D eigenvalue weighted by Crippen LogP contribution is 2.19. The number of carboxylic acids is 1. The second kappa shape index (κ2) is 8.39. The monoisotopic (exact) mass is 318 g/mol. The number of carbonyl (C=O) groups is 1. The third kappa shape index (κ3) is 5.61. The summed E-state index contributed by atoms with van der Waals surface area (Å²) in [5.74, 6) is -0.198. The van der Waals surface area contributed by atoms with Crippen molar-refractivity contribution in [2.45, 2.75) is 25.2 Å². The van der Waals surface area contributed by atoms with E-state index >= 15 is 0 Å². The molecule has 0 fully saturated rings. The van der Waals surface area contributed by atoms with Gasteiger partial charge >= 0.3 is 5.97 Å². The van der Waals surface area contributed by atoms with Crippen molar-refractivity contribution >= 4 is 28.4 Å². The summed E-state index contributed by atoms with van der Waals surface area (Å²) in [6.45, 7) is 5.27. The average Bonchev–Trinajstić information content (AvgIpc) is 2.37. The van der Waals surface area contributed by atoms with Gasteiger partial charge in [0.05, 0.1) is 33.7 Å². The molecule has 1 unspecified atom stereocenters. The molecule has 1 aromatic rings. The highest BCUT2D eigenvalue weighted by atomic mass is 35.5. The van der Waals surface area contributed by atoms with Gasteiger partial charge in [0, 0.05) is 11.5 Å². The summed E-state index contributed by atoms with van der Waals surface area (Å²) < 4.78 is 17.4. The van der Waals surface area contributed by atoms with Crippen molar-refractivity contribution in [2.75, 3.05) is 19.0 Å². The molecule has 0 aliphatic heterocycles. The van der Waals surface area contributed by atoms with Crippen LogP contribution in [0.2, 0.25) is 5.02 Å². The molecule has 0 aromatic heterocycles. The van der Waals surface area contributed by atoms with E-state index in [0.29, 0.717) is 29.8 Å². The third-order valence-corrected chi connectivity index (χ3v) is 4.33. The topological polar surface area (TPSA) is 63.6 Å². The van der Waals surface area contributed by atoms with Crippen molar-refractivity contribution < 1.29 is 18.8 Å². The van der Waals surface area contributed by atoms with E-state index in [9.17, 15) is 9.00 Å². The summed E-state index contributed by atoms with van der Waals surface area (Å²) in [5.41, 5.74) is -0.0294. The lowest BCUT2D eigenvalue weighted by Crippen LogP contribution is -2.09. The van der Waals surface area contributed by atoms with Crippen LogP contribution in [-0.4, -0.2) is 34.3 Å². The van der Waals surface area contributed by atoms with E-state index in [0.717, 1.165) is 6.42 Å². The number of ether oxygens (including phenoxy) is 1. The fourth-order valence-corrected chi connectivity index (χ4v) is 2.66. The van der Waals surface area contributed by atoms with Crippen LogP contribution in [0.3, 0.4) is 0 Å². The van der Waals surface area contributed by atoms with Gasteiger partial charge in [0.2, 0.25) is 0 Å². The van der Waals surface area contributed by atoms with Crippen molar-refractivity contribution in [3.63, 3.8) is 0 Å². The number of benzene rings is 1. The summed E-state index contributed by atoms with van der Waals surface area (Å²) in [4.78, 5) is 11.4. The van der Waals surface area contributed by atoms with Crippen LogP contribution in [0.25, 0.3) is 0 Å². The van der Waals surface area contributed by atoms with Crippen molar-refractivity contribution in [1.82, 2.24) is 0 Å². The van der Waals surface area contributed by atoms with Gasteiger partial charge in [-0.1, -0.05) is 25.4 Å². The SMILES string of the molecule is CC(C)CCOCCS(=O)c1ccc(Cl)c(C(=O)O)c1. The number of hydrogen-bond donors (Lipinski definition) is 1. The van der Waals surface area contributed by atoms with Gasteiger partial charge in [-0.25, -0.2) is 4.79 Å². The molecular weight excluding hydrogens is 300 g/mol. The summed E-state index contributed by atoms with van der Waals surface area (Å²) in [5, 5.41) is 9.11. The number of halogens is 1. The van der Waals surface area contributed by atoms with Gasteiger partial charge in [-0.15, -0.1) is 0 Å². The number of hydrogen-bond acceptors (Lipinski definition) is 3. The van der Waals surface area contributed by atoms with Gasteiger partial charge in [-0.3, -0.25) is 4.21 Å². The number of aromatic carboxylic acids is 1. The van der Waals surface area contributed by atoms with E-state index in [2.05, 4.69) is 13.8 Å². The second-order valence-electron chi connectivity index (χ2n) is 4.79. The van der Waals surface area contributed by atoms with Gasteiger partial charge in [0.15, 0.2) is 0 Å². The molecule has 1 rings (SSSR count). The van der Waals surface area contributed by atoms with Gasteiger partial charge in [-0.05, 0) is 30.5 Å². The second-order valence-corrected chi connectivity index (χ2v) is 6.77. The molecule has 0 aliphatic carbocycles. The first-order valence-electron chi connectivity index (χ1n) is 6.40. The normalized spacial score (nSPS) is 12.6. The Morgan fingerprint density at radius 1 is 1.40 bits per heavy atom. The van der Waals surface area contributed by atoms with Crippen LogP contribution in [0.5, 0.6) is 0 Å². The Kier molecular flexibility index (Phi) is 7.19. The zero-order chi connectivity index (χ0) is 15.1. The fraction of sp³-hybridized carbons (Fsp3) is 0.500. The Morgan fingerprint density at radius 3 is 2.70 bits per heavy atom. The summed E-state index contributed by atoms with van der Waals surface area (Å²) >= 11 is 5.77. The minimum absolute atomic E-state index is 0.0294. The van der Waals surface area contributed by atoms with Crippen LogP contribution in [0.1, 0.15) is 30.6 Å². The smallest absolute Gasteiger partial charge is 0.337 e. The summed E-state index contributed by atoms with van der Waals surface area (Å²) in [7, 11) is -1.28. The van der Waals surface area contributed by atoms with Crippen molar-refractivity contribution in [3.05, 3.63) is 28.8 Å². The standard InChI is InChI=1S/C14H19ClO4S/c1-10(2)5-6-19-7-8-20(18)11-3-4-13(15)12(9-11)14(16)17/h3-4,9-10H,5-8H2,1-2H3,(H,16,17). The maximum absolute atomic E-state index is 12.0. The van der Waals surface area contributed by atoms with E-state index in [1.54, 1.807) is 6.07 Å². The van der Waals surface area contributed by atoms with E-state index in [1.165, 1.54) is 12.1 Å². The predicted molar refractivity (Wildman–Crippen MR) is 80.0 cm³/mol. The number of carboxylic acid groups (broad SMARTS) is 1. The van der Waals surface area contributed by atoms with Gasteiger partial charge in [0.25, 0.3) is 0 Å². The molecule has 0 amide bonds. The lowest BCUT2D eigenvalue weighted by Gasteiger charge is -2.07. The molecule has 0 heterocycles. The van der Waals surface area contributed by atoms with Crippen LogP contribution in [0, 0.1) is 5.92 Å². The molecule has 0 saturated carbocycles. The zero-order valence-electron chi connectivity index (χ0n) is 11.6. The quantitative estimate of drug-likeness (QED) is 0.748. The number of rotatable bonds is 8. The largest absolute Gasteiger partial charge is 0.478 e. The highest BCUT2D eigenvalue weighted by Gasteiger charge is 2.12. The van der Waals surface area contributed by atoms with Crippen LogP contribution in [-0.2, 0) is 15.5 Å². The van der Waals surface area contributed by atoms with E-state index in [1.807, 2.05) is 0 Å². The van der Waals surface area contributed by atoms with E-state index in [4.69, 9.17) is 21.4 Å².